The van der Waals surface area contributed by atoms with Crippen molar-refractivity contribution < 1.29 is 0 Å². The summed E-state index contributed by atoms with van der Waals surface area (Å²) in [7, 11) is 4.21. The number of fused-ring (bicyclic) bond motifs is 2. The van der Waals surface area contributed by atoms with E-state index >= 15 is 0 Å². The fourth-order valence-electron chi connectivity index (χ4n) is 4.52. The van der Waals surface area contributed by atoms with Crippen molar-refractivity contribution in [1.29, 1.82) is 0 Å². The molecule has 0 aliphatic heterocycles. The lowest BCUT2D eigenvalue weighted by molar-refractivity contribution is 1.08. The van der Waals surface area contributed by atoms with Crippen LogP contribution in [0, 0.1) is 0 Å². The summed E-state index contributed by atoms with van der Waals surface area (Å²) in [5.41, 5.74) is 5.34. The van der Waals surface area contributed by atoms with Crippen molar-refractivity contribution >= 4 is 48.2 Å². The van der Waals surface area contributed by atoms with Gasteiger partial charge in [-0.25, -0.2) is 15.0 Å². The zero-order chi connectivity index (χ0) is 23.1. The van der Waals surface area contributed by atoms with Gasteiger partial charge in [-0.3, -0.25) is 0 Å². The normalized spacial score (nSPS) is 11.2. The Morgan fingerprint density at radius 3 is 1.26 bits per heavy atom. The molecule has 0 bridgehead atoms. The number of nitrogens with zero attached hydrogens (tertiary/aromatic N) is 3. The van der Waals surface area contributed by atoms with Crippen molar-refractivity contribution in [1.82, 2.24) is 15.0 Å². The molecule has 5 heteroatoms. The van der Waals surface area contributed by atoms with Crippen molar-refractivity contribution in [2.24, 2.45) is 0 Å². The van der Waals surface area contributed by atoms with Crippen molar-refractivity contribution in [3.8, 4) is 34.2 Å². The second-order valence-electron chi connectivity index (χ2n) is 8.81. The molecule has 0 aliphatic rings. The second kappa shape index (κ2) is 8.27. The average molecular weight is 433 g/mol. The first-order chi connectivity index (χ1) is 16.6. The Kier molecular flexibility index (Phi) is 4.96. The lowest BCUT2D eigenvalue weighted by Gasteiger charge is -2.11. The van der Waals surface area contributed by atoms with Gasteiger partial charge in [-0.15, -0.1) is 0 Å². The molecule has 5 aromatic carbocycles. The van der Waals surface area contributed by atoms with Gasteiger partial charge in [0.15, 0.2) is 17.5 Å². The molecule has 0 fully saturated rings. The topological polar surface area (TPSA) is 38.7 Å². The van der Waals surface area contributed by atoms with Gasteiger partial charge in [-0.1, -0.05) is 102 Å². The molecular formula is C29H21B2N3. The van der Waals surface area contributed by atoms with Gasteiger partial charge < -0.3 is 0 Å². The zero-order valence-corrected chi connectivity index (χ0v) is 19.2. The molecule has 0 spiro atoms. The number of hydrogen-bond acceptors (Lipinski definition) is 3. The van der Waals surface area contributed by atoms with Gasteiger partial charge in [0.05, 0.1) is 0 Å². The molecule has 0 amide bonds. The summed E-state index contributed by atoms with van der Waals surface area (Å²) in [6, 6.07) is 35.9. The molecule has 0 saturated carbocycles. The summed E-state index contributed by atoms with van der Waals surface area (Å²) in [5, 5.41) is 4.73. The van der Waals surface area contributed by atoms with Gasteiger partial charge in [0.1, 0.15) is 15.7 Å². The Labute approximate surface area is 200 Å². The number of benzene rings is 5. The van der Waals surface area contributed by atoms with E-state index in [-0.39, 0.29) is 0 Å². The van der Waals surface area contributed by atoms with Crippen LogP contribution in [-0.4, -0.2) is 30.6 Å². The van der Waals surface area contributed by atoms with Gasteiger partial charge in [0.2, 0.25) is 0 Å². The summed E-state index contributed by atoms with van der Waals surface area (Å²) in [6.45, 7) is 0. The summed E-state index contributed by atoms with van der Waals surface area (Å²) >= 11 is 0. The Morgan fingerprint density at radius 1 is 0.382 bits per heavy atom. The molecule has 3 nitrogen and oxygen atoms in total. The van der Waals surface area contributed by atoms with Crippen LogP contribution >= 0.6 is 0 Å². The SMILES string of the molecule is Bc1cc(B)cc(-c2nc(-c3ccc4ccccc4c3)nc(-c3ccc4ccccc4c3)n2)c1. The number of hydrogen-bond donors (Lipinski definition) is 0. The van der Waals surface area contributed by atoms with Crippen LogP contribution < -0.4 is 10.9 Å². The van der Waals surface area contributed by atoms with Crippen molar-refractivity contribution in [2.45, 2.75) is 0 Å². The lowest BCUT2D eigenvalue weighted by atomic mass is 9.85. The molecule has 158 valence electrons. The monoisotopic (exact) mass is 433 g/mol. The number of aromatic nitrogens is 3. The highest BCUT2D eigenvalue weighted by atomic mass is 15.0. The van der Waals surface area contributed by atoms with E-state index in [1.165, 1.54) is 32.5 Å². The highest BCUT2D eigenvalue weighted by Crippen LogP contribution is 2.28. The third kappa shape index (κ3) is 3.86. The molecule has 1 heterocycles. The molecule has 0 unspecified atom stereocenters. The third-order valence-electron chi connectivity index (χ3n) is 6.13. The first-order valence-electron chi connectivity index (χ1n) is 11.5. The smallest absolute Gasteiger partial charge is 0.164 e. The molecule has 0 N–H and O–H groups in total. The van der Waals surface area contributed by atoms with Crippen molar-refractivity contribution in [3.63, 3.8) is 0 Å². The summed E-state index contributed by atoms with van der Waals surface area (Å²) < 4.78 is 0. The molecule has 34 heavy (non-hydrogen) atoms. The van der Waals surface area contributed by atoms with Crippen molar-refractivity contribution in [3.05, 3.63) is 103 Å². The minimum Gasteiger partial charge on any atom is -0.208 e. The summed E-state index contributed by atoms with van der Waals surface area (Å²) in [5.74, 6) is 2.05. The molecule has 1 aromatic heterocycles. The van der Waals surface area contributed by atoms with E-state index in [1.807, 2.05) is 0 Å². The standard InChI is InChI=1S/C29H21B2N3/c30-25-15-24(16-26(31)17-25)29-33-27(22-11-9-18-5-1-3-7-20(18)13-22)32-28(34-29)23-12-10-19-6-2-4-8-21(19)14-23/h1-17H,30-31H2. The predicted molar refractivity (Wildman–Crippen MR) is 148 cm³/mol. The van der Waals surface area contributed by atoms with Gasteiger partial charge in [0.25, 0.3) is 0 Å². The summed E-state index contributed by atoms with van der Waals surface area (Å²) in [6.07, 6.45) is 0. The van der Waals surface area contributed by atoms with E-state index in [0.29, 0.717) is 17.5 Å². The maximum atomic E-state index is 4.94. The van der Waals surface area contributed by atoms with E-state index < -0.39 is 0 Å². The first kappa shape index (κ1) is 20.4. The van der Waals surface area contributed by atoms with Crippen LogP contribution in [0.4, 0.5) is 0 Å². The molecule has 0 radical (unpaired) electrons. The molecule has 0 atom stereocenters. The average Bonchev–Trinajstić information content (AvgIpc) is 2.87. The van der Waals surface area contributed by atoms with Crippen LogP contribution in [0.2, 0.25) is 0 Å². The van der Waals surface area contributed by atoms with Gasteiger partial charge in [-0.2, -0.15) is 0 Å². The predicted octanol–water partition coefficient (Wildman–Crippen LogP) is 3.70. The Balaban J connectivity index is 1.58. The largest absolute Gasteiger partial charge is 0.208 e. The third-order valence-corrected chi connectivity index (χ3v) is 6.13. The minimum atomic E-state index is 0.679. The fourth-order valence-corrected chi connectivity index (χ4v) is 4.52. The second-order valence-corrected chi connectivity index (χ2v) is 8.81. The van der Waals surface area contributed by atoms with Crippen LogP contribution in [0.25, 0.3) is 55.7 Å². The van der Waals surface area contributed by atoms with E-state index in [0.717, 1.165) is 16.7 Å². The highest BCUT2D eigenvalue weighted by molar-refractivity contribution is 6.38. The van der Waals surface area contributed by atoms with Gasteiger partial charge >= 0.3 is 0 Å². The number of rotatable bonds is 3. The van der Waals surface area contributed by atoms with Crippen LogP contribution in [0.3, 0.4) is 0 Å². The van der Waals surface area contributed by atoms with Crippen LogP contribution in [-0.2, 0) is 0 Å². The lowest BCUT2D eigenvalue weighted by Crippen LogP contribution is -2.14. The first-order valence-corrected chi connectivity index (χ1v) is 11.5. The maximum absolute atomic E-state index is 4.94. The molecule has 6 rings (SSSR count). The molecule has 0 saturated heterocycles. The molecule has 0 aliphatic carbocycles. The Bertz CT molecular complexity index is 1580. The van der Waals surface area contributed by atoms with Gasteiger partial charge in [0, 0.05) is 16.7 Å². The Morgan fingerprint density at radius 2 is 0.794 bits per heavy atom. The Hall–Kier alpha value is -4.24. The summed E-state index contributed by atoms with van der Waals surface area (Å²) in [4.78, 5) is 14.8. The van der Waals surface area contributed by atoms with Crippen molar-refractivity contribution in [2.75, 3.05) is 0 Å². The van der Waals surface area contributed by atoms with E-state index in [2.05, 4.69) is 119 Å². The molecule has 6 aromatic rings. The quantitative estimate of drug-likeness (QED) is 0.400. The van der Waals surface area contributed by atoms with E-state index in [4.69, 9.17) is 15.0 Å². The maximum Gasteiger partial charge on any atom is 0.164 e. The van der Waals surface area contributed by atoms with Crippen LogP contribution in [0.1, 0.15) is 0 Å². The minimum absolute atomic E-state index is 0.679. The van der Waals surface area contributed by atoms with E-state index in [9.17, 15) is 0 Å². The zero-order valence-electron chi connectivity index (χ0n) is 19.2. The van der Waals surface area contributed by atoms with E-state index in [1.54, 1.807) is 0 Å². The fraction of sp³-hybridized carbons (Fsp3) is 0. The van der Waals surface area contributed by atoms with Gasteiger partial charge in [-0.05, 0) is 33.7 Å². The highest BCUT2D eigenvalue weighted by Gasteiger charge is 2.13. The van der Waals surface area contributed by atoms with Crippen LogP contribution in [0.15, 0.2) is 103 Å². The molecular weight excluding hydrogens is 412 g/mol. The van der Waals surface area contributed by atoms with Crippen LogP contribution in [0.5, 0.6) is 0 Å².